The van der Waals surface area contributed by atoms with E-state index in [1.54, 1.807) is 17.3 Å². The molecule has 48 heavy (non-hydrogen) atoms. The van der Waals surface area contributed by atoms with E-state index in [2.05, 4.69) is 11.6 Å². The van der Waals surface area contributed by atoms with Crippen LogP contribution in [-0.4, -0.2) is 68.5 Å². The van der Waals surface area contributed by atoms with Crippen molar-refractivity contribution in [3.63, 3.8) is 0 Å². The maximum absolute atomic E-state index is 16.2. The number of nitrogens with zero attached hydrogens (tertiary/aromatic N) is 7. The highest BCUT2D eigenvalue weighted by molar-refractivity contribution is 7.18. The van der Waals surface area contributed by atoms with E-state index < -0.39 is 17.5 Å². The zero-order valence-corrected chi connectivity index (χ0v) is 27.8. The quantitative estimate of drug-likeness (QED) is 0.142. The number of methoxy groups -OCH3 is 1. The molecule has 6 heterocycles. The van der Waals surface area contributed by atoms with E-state index in [4.69, 9.17) is 19.6 Å². The number of fused-ring (bicyclic) bond motifs is 3. The number of halogens is 3. The lowest BCUT2D eigenvalue weighted by molar-refractivity contribution is -0.129. The van der Waals surface area contributed by atoms with Gasteiger partial charge in [-0.2, -0.15) is 5.10 Å². The summed E-state index contributed by atoms with van der Waals surface area (Å²) in [6.07, 6.45) is 3.76. The monoisotopic (exact) mass is 677 g/mol. The molecular formula is C34H34F3N7O3S. The van der Waals surface area contributed by atoms with Crippen LogP contribution in [0.15, 0.2) is 42.6 Å². The molecular weight excluding hydrogens is 643 g/mol. The molecule has 0 bridgehead atoms. The van der Waals surface area contributed by atoms with E-state index in [0.29, 0.717) is 42.3 Å². The first kappa shape index (κ1) is 31.9. The number of carbonyl (C=O) groups excluding carboxylic acids is 1. The summed E-state index contributed by atoms with van der Waals surface area (Å²) in [4.78, 5) is 26.2. The molecule has 250 valence electrons. The first-order chi connectivity index (χ1) is 23.1. The molecule has 7 rings (SSSR count). The minimum Gasteiger partial charge on any atom is -0.490 e. The third-order valence-electron chi connectivity index (χ3n) is 9.11. The van der Waals surface area contributed by atoms with Gasteiger partial charge in [0, 0.05) is 67.8 Å². The Morgan fingerprint density at radius 3 is 2.73 bits per heavy atom. The Labute approximate surface area is 279 Å². The van der Waals surface area contributed by atoms with Crippen molar-refractivity contribution in [2.24, 2.45) is 7.05 Å². The Morgan fingerprint density at radius 1 is 1.15 bits per heavy atom. The number of amides is 1. The van der Waals surface area contributed by atoms with Gasteiger partial charge < -0.3 is 23.8 Å². The zero-order valence-electron chi connectivity index (χ0n) is 27.0. The highest BCUT2D eigenvalue weighted by Gasteiger charge is 2.35. The van der Waals surface area contributed by atoms with Gasteiger partial charge in [0.05, 0.1) is 53.2 Å². The predicted molar refractivity (Wildman–Crippen MR) is 177 cm³/mol. The second kappa shape index (κ2) is 12.4. The van der Waals surface area contributed by atoms with Crippen LogP contribution >= 0.6 is 11.3 Å². The van der Waals surface area contributed by atoms with Crippen molar-refractivity contribution in [2.75, 3.05) is 38.3 Å². The molecule has 5 aromatic rings. The molecule has 2 aliphatic heterocycles. The molecule has 0 unspecified atom stereocenters. The third kappa shape index (κ3) is 5.23. The Balaban J connectivity index is 1.49. The van der Waals surface area contributed by atoms with Crippen molar-refractivity contribution in [2.45, 2.75) is 38.9 Å². The molecule has 1 aromatic carbocycles. The van der Waals surface area contributed by atoms with E-state index >= 15 is 8.78 Å². The number of carbonyl (C=O) groups is 1. The fourth-order valence-electron chi connectivity index (χ4n) is 6.76. The number of imidazole rings is 1. The first-order valence-electron chi connectivity index (χ1n) is 15.6. The standard InChI is InChI=1S/C34H34F3N7O3S/c1-6-28(45)43-14-18(2)44-26(19(43)3)13-23(40-44)32-31(29-21(36)11-20(35)12-27(29)47-10-9-46-5)30-22(37)16-48-33(30)34(39-32)42-8-7-25-24(15-42)38-17-41(25)4/h6,11-13,16-19H,1,7-10,14-15H2,2-5H3/t18-,19+/m0/s1. The Bertz CT molecular complexity index is 2070. The fraction of sp³-hybridized carbons (Fsp3) is 0.353. The second-order valence-corrected chi connectivity index (χ2v) is 13.0. The first-order valence-corrected chi connectivity index (χ1v) is 16.5. The van der Waals surface area contributed by atoms with Crippen LogP contribution in [0.5, 0.6) is 5.75 Å². The summed E-state index contributed by atoms with van der Waals surface area (Å²) in [5.41, 5.74) is 3.26. The molecule has 0 saturated heterocycles. The Morgan fingerprint density at radius 2 is 1.96 bits per heavy atom. The number of hydrogen-bond donors (Lipinski definition) is 0. The molecule has 2 aliphatic rings. The van der Waals surface area contributed by atoms with Gasteiger partial charge in [0.25, 0.3) is 0 Å². The molecule has 0 radical (unpaired) electrons. The van der Waals surface area contributed by atoms with Crippen LogP contribution in [0.1, 0.15) is 43.0 Å². The van der Waals surface area contributed by atoms with Gasteiger partial charge in [-0.1, -0.05) is 6.58 Å². The molecule has 0 saturated carbocycles. The number of aromatic nitrogens is 5. The van der Waals surface area contributed by atoms with Gasteiger partial charge in [-0.05, 0) is 26.0 Å². The van der Waals surface area contributed by atoms with Crippen LogP contribution < -0.4 is 9.64 Å². The van der Waals surface area contributed by atoms with E-state index in [-0.39, 0.29) is 59.2 Å². The van der Waals surface area contributed by atoms with Crippen LogP contribution in [0.2, 0.25) is 0 Å². The minimum absolute atomic E-state index is 0.00363. The van der Waals surface area contributed by atoms with Crippen molar-refractivity contribution in [3.8, 4) is 28.3 Å². The Hall–Kier alpha value is -4.69. The number of thiophene rings is 1. The average molecular weight is 678 g/mol. The molecule has 14 heteroatoms. The van der Waals surface area contributed by atoms with Crippen molar-refractivity contribution >= 4 is 33.1 Å². The third-order valence-corrected chi connectivity index (χ3v) is 10.1. The summed E-state index contributed by atoms with van der Waals surface area (Å²) in [5.74, 6) is -2.18. The molecule has 1 amide bonds. The Kier molecular flexibility index (Phi) is 8.24. The lowest BCUT2D eigenvalue weighted by Crippen LogP contribution is -2.42. The molecule has 4 aromatic heterocycles. The molecule has 0 aliphatic carbocycles. The van der Waals surface area contributed by atoms with Crippen molar-refractivity contribution < 1.29 is 27.4 Å². The normalized spacial score (nSPS) is 17.5. The van der Waals surface area contributed by atoms with Crippen molar-refractivity contribution in [1.82, 2.24) is 29.2 Å². The van der Waals surface area contributed by atoms with Gasteiger partial charge in [0.2, 0.25) is 5.91 Å². The topological polar surface area (TPSA) is 90.5 Å². The van der Waals surface area contributed by atoms with E-state index in [0.717, 1.165) is 40.6 Å². The largest absolute Gasteiger partial charge is 0.490 e. The number of aryl methyl sites for hydroxylation is 1. The van der Waals surface area contributed by atoms with Gasteiger partial charge >= 0.3 is 0 Å². The van der Waals surface area contributed by atoms with Gasteiger partial charge in [0.15, 0.2) is 0 Å². The number of benzene rings is 1. The molecule has 2 atom stereocenters. The van der Waals surface area contributed by atoms with Crippen LogP contribution in [0.3, 0.4) is 0 Å². The molecule has 10 nitrogen and oxygen atoms in total. The SMILES string of the molecule is C=CC(=O)N1C[C@H](C)n2nc(-c3nc(N4CCc5c(ncn5C)C4)c4scc(F)c4c3-c3c(F)cc(F)cc3OCCOC)cc2[C@H]1C. The van der Waals surface area contributed by atoms with E-state index in [1.807, 2.05) is 35.0 Å². The smallest absolute Gasteiger partial charge is 0.246 e. The minimum atomic E-state index is -0.935. The fourth-order valence-corrected chi connectivity index (χ4v) is 7.69. The van der Waals surface area contributed by atoms with Crippen molar-refractivity contribution in [1.29, 1.82) is 0 Å². The van der Waals surface area contributed by atoms with Gasteiger partial charge in [-0.25, -0.2) is 23.1 Å². The highest BCUT2D eigenvalue weighted by atomic mass is 32.1. The number of hydrogen-bond acceptors (Lipinski definition) is 8. The summed E-state index contributed by atoms with van der Waals surface area (Å²) in [5, 5.41) is 6.43. The number of rotatable bonds is 8. The lowest BCUT2D eigenvalue weighted by atomic mass is 9.96. The second-order valence-electron chi connectivity index (χ2n) is 12.1. The van der Waals surface area contributed by atoms with E-state index in [9.17, 15) is 9.18 Å². The molecule has 0 spiro atoms. The van der Waals surface area contributed by atoms with Crippen LogP contribution in [0.25, 0.3) is 32.6 Å². The van der Waals surface area contributed by atoms with Crippen molar-refractivity contribution in [3.05, 3.63) is 77.1 Å². The van der Waals surface area contributed by atoms with Crippen LogP contribution in [-0.2, 0) is 29.5 Å². The lowest BCUT2D eigenvalue weighted by Gasteiger charge is -2.36. The summed E-state index contributed by atoms with van der Waals surface area (Å²) >= 11 is 1.16. The number of ether oxygens (including phenoxy) is 2. The zero-order chi connectivity index (χ0) is 33.9. The van der Waals surface area contributed by atoms with Crippen LogP contribution in [0, 0.1) is 17.5 Å². The number of pyridine rings is 1. The van der Waals surface area contributed by atoms with Gasteiger partial charge in [0.1, 0.15) is 47.0 Å². The van der Waals surface area contributed by atoms with Gasteiger partial charge in [-0.15, -0.1) is 11.3 Å². The predicted octanol–water partition coefficient (Wildman–Crippen LogP) is 6.22. The maximum atomic E-state index is 16.2. The number of anilines is 1. The molecule has 0 fully saturated rings. The average Bonchev–Trinajstić information content (AvgIpc) is 3.79. The molecule has 0 N–H and O–H groups in total. The van der Waals surface area contributed by atoms with Gasteiger partial charge in [-0.3, -0.25) is 9.48 Å². The summed E-state index contributed by atoms with van der Waals surface area (Å²) in [7, 11) is 3.44. The summed E-state index contributed by atoms with van der Waals surface area (Å²) in [6.45, 7) is 9.09. The van der Waals surface area contributed by atoms with Crippen LogP contribution in [0.4, 0.5) is 19.0 Å². The highest BCUT2D eigenvalue weighted by Crippen LogP contribution is 2.49. The summed E-state index contributed by atoms with van der Waals surface area (Å²) < 4.78 is 62.3. The van der Waals surface area contributed by atoms with E-state index in [1.165, 1.54) is 18.6 Å². The maximum Gasteiger partial charge on any atom is 0.246 e. The summed E-state index contributed by atoms with van der Waals surface area (Å²) in [6, 6.07) is 3.06.